The molecule has 0 saturated carbocycles. The highest BCUT2D eigenvalue weighted by molar-refractivity contribution is 7.26. The zero-order chi connectivity index (χ0) is 29.9. The summed E-state index contributed by atoms with van der Waals surface area (Å²) in [4.78, 5) is 2.55. The molecule has 0 radical (unpaired) electrons. The fraction of sp³-hybridized carbons (Fsp3) is 0. The molecule has 46 heavy (non-hydrogen) atoms. The summed E-state index contributed by atoms with van der Waals surface area (Å²) in [6, 6.07) is 56.3. The third-order valence-electron chi connectivity index (χ3n) is 10.2. The van der Waals surface area contributed by atoms with Crippen LogP contribution in [0.2, 0.25) is 0 Å². The van der Waals surface area contributed by atoms with Crippen LogP contribution in [0, 0.1) is 0 Å². The van der Waals surface area contributed by atoms with Gasteiger partial charge in [0.2, 0.25) is 0 Å². The SMILES string of the molecule is c1ccc(-c2ccccc2N2c3cc4c(cc3B3c5c2cccc5-n2c5ccccc5c5cccc3c52)sc2ccccc24)cc1. The molecule has 0 unspecified atom stereocenters. The van der Waals surface area contributed by atoms with Crippen molar-refractivity contribution in [3.05, 3.63) is 152 Å². The number of rotatable bonds is 2. The first-order valence-electron chi connectivity index (χ1n) is 15.9. The van der Waals surface area contributed by atoms with Gasteiger partial charge < -0.3 is 9.47 Å². The molecule has 212 valence electrons. The summed E-state index contributed by atoms with van der Waals surface area (Å²) in [6.07, 6.45) is 0. The topological polar surface area (TPSA) is 8.17 Å². The van der Waals surface area contributed by atoms with Crippen LogP contribution in [0.1, 0.15) is 0 Å². The van der Waals surface area contributed by atoms with E-state index in [4.69, 9.17) is 0 Å². The van der Waals surface area contributed by atoms with Crippen molar-refractivity contribution in [2.45, 2.75) is 0 Å². The van der Waals surface area contributed by atoms with Gasteiger partial charge in [0.25, 0.3) is 6.71 Å². The minimum Gasteiger partial charge on any atom is -0.311 e. The quantitative estimate of drug-likeness (QED) is 0.180. The number of fused-ring (bicyclic) bond motifs is 10. The Balaban J connectivity index is 1.32. The van der Waals surface area contributed by atoms with Crippen molar-refractivity contribution >= 4 is 93.5 Å². The molecule has 0 saturated heterocycles. The van der Waals surface area contributed by atoms with Gasteiger partial charge >= 0.3 is 0 Å². The van der Waals surface area contributed by atoms with E-state index < -0.39 is 0 Å². The summed E-state index contributed by atoms with van der Waals surface area (Å²) in [5.41, 5.74) is 14.1. The molecule has 9 aromatic rings. The van der Waals surface area contributed by atoms with E-state index in [-0.39, 0.29) is 6.71 Å². The fourth-order valence-electron chi connectivity index (χ4n) is 8.35. The molecule has 0 bridgehead atoms. The van der Waals surface area contributed by atoms with Crippen molar-refractivity contribution in [2.75, 3.05) is 4.90 Å². The highest BCUT2D eigenvalue weighted by Crippen LogP contribution is 2.46. The van der Waals surface area contributed by atoms with Gasteiger partial charge in [0.05, 0.1) is 11.2 Å². The molecular weight excluding hydrogens is 575 g/mol. The summed E-state index contributed by atoms with van der Waals surface area (Å²) in [5, 5.41) is 5.28. The summed E-state index contributed by atoms with van der Waals surface area (Å²) in [5.74, 6) is 0. The van der Waals surface area contributed by atoms with Gasteiger partial charge in [-0.2, -0.15) is 0 Å². The van der Waals surface area contributed by atoms with Crippen molar-refractivity contribution in [3.8, 4) is 16.8 Å². The zero-order valence-electron chi connectivity index (χ0n) is 24.8. The molecule has 0 fully saturated rings. The van der Waals surface area contributed by atoms with Gasteiger partial charge in [-0.15, -0.1) is 11.3 Å². The Labute approximate surface area is 270 Å². The molecule has 7 aromatic carbocycles. The summed E-state index contributed by atoms with van der Waals surface area (Å²) in [6.45, 7) is 0.122. The van der Waals surface area contributed by atoms with Crippen LogP contribution in [0.15, 0.2) is 152 Å². The third-order valence-corrected chi connectivity index (χ3v) is 11.3. The number of hydrogen-bond donors (Lipinski definition) is 0. The van der Waals surface area contributed by atoms with Crippen molar-refractivity contribution < 1.29 is 0 Å². The number of anilines is 3. The van der Waals surface area contributed by atoms with Gasteiger partial charge in [-0.05, 0) is 64.4 Å². The first kappa shape index (κ1) is 24.7. The second kappa shape index (κ2) is 9.00. The monoisotopic (exact) mass is 600 g/mol. The third kappa shape index (κ3) is 3.12. The predicted octanol–water partition coefficient (Wildman–Crippen LogP) is 9.43. The van der Waals surface area contributed by atoms with E-state index >= 15 is 0 Å². The van der Waals surface area contributed by atoms with Crippen LogP contribution in [-0.2, 0) is 0 Å². The van der Waals surface area contributed by atoms with Crippen LogP contribution in [0.3, 0.4) is 0 Å². The van der Waals surface area contributed by atoms with Gasteiger partial charge in [0, 0.05) is 59.1 Å². The van der Waals surface area contributed by atoms with Gasteiger partial charge in [0.1, 0.15) is 0 Å². The predicted molar refractivity (Wildman–Crippen MR) is 198 cm³/mol. The first-order chi connectivity index (χ1) is 22.8. The Bertz CT molecular complexity index is 2720. The van der Waals surface area contributed by atoms with Gasteiger partial charge in [-0.3, -0.25) is 0 Å². The molecular formula is C42H25BN2S. The lowest BCUT2D eigenvalue weighted by atomic mass is 9.34. The number of hydrogen-bond acceptors (Lipinski definition) is 2. The molecule has 2 aliphatic heterocycles. The molecule has 2 nitrogen and oxygen atoms in total. The van der Waals surface area contributed by atoms with Crippen molar-refractivity contribution in [1.29, 1.82) is 0 Å². The van der Waals surface area contributed by atoms with Crippen molar-refractivity contribution in [2.24, 2.45) is 0 Å². The molecule has 0 N–H and O–H groups in total. The zero-order valence-corrected chi connectivity index (χ0v) is 25.6. The lowest BCUT2D eigenvalue weighted by molar-refractivity contribution is 1.18. The average molecular weight is 601 g/mol. The van der Waals surface area contributed by atoms with E-state index in [9.17, 15) is 0 Å². The molecule has 2 aliphatic rings. The highest BCUT2D eigenvalue weighted by Gasteiger charge is 2.42. The van der Waals surface area contributed by atoms with Crippen LogP contribution < -0.4 is 21.3 Å². The number of aromatic nitrogens is 1. The first-order valence-corrected chi connectivity index (χ1v) is 16.7. The Hall–Kier alpha value is -5.58. The minimum atomic E-state index is 0.122. The summed E-state index contributed by atoms with van der Waals surface area (Å²) in [7, 11) is 0. The highest BCUT2D eigenvalue weighted by atomic mass is 32.1. The standard InChI is InChI=1S/C42H25BN2S/c1-2-12-26(13-3-1)27-14-4-7-19-34(27)44-36-21-11-22-37-41(36)43(32-18-10-17-30-28-15-5-8-20-35(28)45(37)42(30)32)33-25-40-31(24-38(33)44)29-16-6-9-23-39(29)46-40/h1-25H. The maximum absolute atomic E-state index is 2.55. The average Bonchev–Trinajstić information content (AvgIpc) is 3.66. The largest absolute Gasteiger partial charge is 0.311 e. The molecule has 0 atom stereocenters. The van der Waals surface area contributed by atoms with E-state index in [1.54, 1.807) is 0 Å². The lowest BCUT2D eigenvalue weighted by Gasteiger charge is -2.41. The minimum absolute atomic E-state index is 0.122. The van der Waals surface area contributed by atoms with E-state index in [2.05, 4.69) is 161 Å². The van der Waals surface area contributed by atoms with E-state index in [0.29, 0.717) is 0 Å². The smallest absolute Gasteiger partial charge is 0.252 e. The van der Waals surface area contributed by atoms with Crippen LogP contribution in [0.25, 0.3) is 58.8 Å². The van der Waals surface area contributed by atoms with Gasteiger partial charge in [-0.1, -0.05) is 109 Å². The normalized spacial score (nSPS) is 13.1. The van der Waals surface area contributed by atoms with Crippen LogP contribution in [-0.4, -0.2) is 11.3 Å². The summed E-state index contributed by atoms with van der Waals surface area (Å²) < 4.78 is 5.20. The Morgan fingerprint density at radius 1 is 0.457 bits per heavy atom. The van der Waals surface area contributed by atoms with Crippen LogP contribution in [0.5, 0.6) is 0 Å². The maximum Gasteiger partial charge on any atom is 0.252 e. The number of thiophene rings is 1. The molecule has 0 spiro atoms. The molecule has 4 heteroatoms. The van der Waals surface area contributed by atoms with Crippen molar-refractivity contribution in [3.63, 3.8) is 0 Å². The Kier molecular flexibility index (Phi) is 4.83. The molecule has 2 aromatic heterocycles. The van der Waals surface area contributed by atoms with Gasteiger partial charge in [0.15, 0.2) is 0 Å². The second-order valence-corrected chi connectivity index (χ2v) is 13.5. The molecule has 11 rings (SSSR count). The summed E-state index contributed by atoms with van der Waals surface area (Å²) >= 11 is 1.91. The number of nitrogens with zero attached hydrogens (tertiary/aromatic N) is 2. The van der Waals surface area contributed by atoms with Crippen molar-refractivity contribution in [1.82, 2.24) is 4.57 Å². The Morgan fingerprint density at radius 3 is 2.11 bits per heavy atom. The molecule has 0 aliphatic carbocycles. The maximum atomic E-state index is 2.55. The van der Waals surface area contributed by atoms with E-state index in [1.807, 2.05) is 11.3 Å². The lowest BCUT2D eigenvalue weighted by Crippen LogP contribution is -2.60. The van der Waals surface area contributed by atoms with Gasteiger partial charge in [-0.25, -0.2) is 0 Å². The van der Waals surface area contributed by atoms with Crippen LogP contribution >= 0.6 is 11.3 Å². The fourth-order valence-corrected chi connectivity index (χ4v) is 9.49. The van der Waals surface area contributed by atoms with Crippen LogP contribution in [0.4, 0.5) is 17.1 Å². The second-order valence-electron chi connectivity index (χ2n) is 12.5. The number of benzene rings is 7. The Morgan fingerprint density at radius 2 is 1.17 bits per heavy atom. The van der Waals surface area contributed by atoms with E-state index in [0.717, 1.165) is 0 Å². The number of para-hydroxylation sites is 3. The van der Waals surface area contributed by atoms with E-state index in [1.165, 1.54) is 92.2 Å². The molecule has 0 amide bonds. The molecule has 4 heterocycles.